The molecule has 0 spiro atoms. The monoisotopic (exact) mass is 347 g/mol. The molecule has 0 radical (unpaired) electrons. The smallest absolute Gasteiger partial charge is 0.208 e. The number of alkyl halides is 1. The molecule has 3 nitrogen and oxygen atoms in total. The molecular formula is C11H13Cl3FNO2S. The second-order valence-electron chi connectivity index (χ2n) is 4.22. The van der Waals surface area contributed by atoms with E-state index in [1.807, 2.05) is 0 Å². The molecule has 0 aliphatic carbocycles. The Morgan fingerprint density at radius 3 is 2.42 bits per heavy atom. The fourth-order valence-corrected chi connectivity index (χ4v) is 3.64. The third-order valence-electron chi connectivity index (χ3n) is 2.73. The van der Waals surface area contributed by atoms with Gasteiger partial charge in [-0.3, -0.25) is 0 Å². The van der Waals surface area contributed by atoms with Crippen molar-refractivity contribution in [3.8, 4) is 0 Å². The van der Waals surface area contributed by atoms with E-state index in [0.29, 0.717) is 5.88 Å². The van der Waals surface area contributed by atoms with Crippen LogP contribution in [-0.4, -0.2) is 20.3 Å². The third kappa shape index (κ3) is 3.95. The Morgan fingerprint density at radius 2 is 1.89 bits per heavy atom. The SMILES string of the molecule is CC(CCl)C(C)NS(=O)(=O)c1ccc(Cl)c(F)c1Cl. The van der Waals surface area contributed by atoms with E-state index in [1.54, 1.807) is 13.8 Å². The van der Waals surface area contributed by atoms with E-state index in [-0.39, 0.29) is 15.8 Å². The summed E-state index contributed by atoms with van der Waals surface area (Å²) in [5, 5.41) is -0.753. The van der Waals surface area contributed by atoms with Gasteiger partial charge in [0.15, 0.2) is 5.82 Å². The van der Waals surface area contributed by atoms with Gasteiger partial charge in [-0.25, -0.2) is 17.5 Å². The number of benzene rings is 1. The van der Waals surface area contributed by atoms with Crippen LogP contribution in [0.15, 0.2) is 17.0 Å². The van der Waals surface area contributed by atoms with Crippen molar-refractivity contribution >= 4 is 44.8 Å². The summed E-state index contributed by atoms with van der Waals surface area (Å²) in [6, 6.07) is 1.90. The number of halogens is 4. The molecule has 0 aliphatic rings. The van der Waals surface area contributed by atoms with E-state index in [9.17, 15) is 12.8 Å². The lowest BCUT2D eigenvalue weighted by Crippen LogP contribution is -2.37. The Balaban J connectivity index is 3.12. The van der Waals surface area contributed by atoms with Crippen molar-refractivity contribution in [3.05, 3.63) is 28.0 Å². The lowest BCUT2D eigenvalue weighted by molar-refractivity contribution is 0.480. The summed E-state index contributed by atoms with van der Waals surface area (Å²) in [7, 11) is -3.92. The molecule has 1 aromatic rings. The highest BCUT2D eigenvalue weighted by molar-refractivity contribution is 7.89. The minimum atomic E-state index is -3.92. The second kappa shape index (κ2) is 6.59. The highest BCUT2D eigenvalue weighted by Crippen LogP contribution is 2.29. The summed E-state index contributed by atoms with van der Waals surface area (Å²) in [5.74, 6) is -0.733. The Kier molecular flexibility index (Phi) is 5.89. The number of sulfonamides is 1. The molecular weight excluding hydrogens is 336 g/mol. The fraction of sp³-hybridized carbons (Fsp3) is 0.455. The molecule has 0 amide bonds. The first-order chi connectivity index (χ1) is 8.70. The Hall–Kier alpha value is -0.0700. The minimum Gasteiger partial charge on any atom is -0.208 e. The quantitative estimate of drug-likeness (QED) is 0.652. The maximum Gasteiger partial charge on any atom is 0.242 e. The van der Waals surface area contributed by atoms with Gasteiger partial charge in [0.1, 0.15) is 4.90 Å². The number of rotatable bonds is 5. The first kappa shape index (κ1) is 17.0. The Bertz CT molecular complexity index is 565. The van der Waals surface area contributed by atoms with Gasteiger partial charge >= 0.3 is 0 Å². The number of hydrogen-bond donors (Lipinski definition) is 1. The van der Waals surface area contributed by atoms with E-state index in [4.69, 9.17) is 34.8 Å². The summed E-state index contributed by atoms with van der Waals surface area (Å²) >= 11 is 16.9. The van der Waals surface area contributed by atoms with Crippen LogP contribution in [0.5, 0.6) is 0 Å². The van der Waals surface area contributed by atoms with E-state index in [1.165, 1.54) is 0 Å². The molecule has 0 aliphatic heterocycles. The molecule has 2 unspecified atom stereocenters. The van der Waals surface area contributed by atoms with Crippen molar-refractivity contribution in [2.24, 2.45) is 5.92 Å². The highest BCUT2D eigenvalue weighted by atomic mass is 35.5. The molecule has 108 valence electrons. The van der Waals surface area contributed by atoms with Gasteiger partial charge in [0.05, 0.1) is 10.0 Å². The molecule has 19 heavy (non-hydrogen) atoms. The van der Waals surface area contributed by atoms with Crippen molar-refractivity contribution < 1.29 is 12.8 Å². The normalized spacial score (nSPS) is 15.3. The second-order valence-corrected chi connectivity index (χ2v) is 6.99. The van der Waals surface area contributed by atoms with Crippen molar-refractivity contribution in [3.63, 3.8) is 0 Å². The molecule has 0 saturated heterocycles. The zero-order valence-corrected chi connectivity index (χ0v) is 13.3. The molecule has 1 aromatic carbocycles. The molecule has 0 saturated carbocycles. The van der Waals surface area contributed by atoms with Crippen LogP contribution < -0.4 is 4.72 Å². The zero-order valence-electron chi connectivity index (χ0n) is 10.3. The minimum absolute atomic E-state index is 0.0765. The van der Waals surface area contributed by atoms with Crippen molar-refractivity contribution in [1.82, 2.24) is 4.72 Å². The van der Waals surface area contributed by atoms with E-state index in [2.05, 4.69) is 4.72 Å². The summed E-state index contributed by atoms with van der Waals surface area (Å²) in [6.07, 6.45) is 0. The molecule has 2 atom stereocenters. The van der Waals surface area contributed by atoms with Gasteiger partial charge in [0.25, 0.3) is 0 Å². The van der Waals surface area contributed by atoms with Gasteiger partial charge in [-0.05, 0) is 25.0 Å². The summed E-state index contributed by atoms with van der Waals surface area (Å²) in [6.45, 7) is 3.47. The first-order valence-corrected chi connectivity index (χ1v) is 8.20. The van der Waals surface area contributed by atoms with E-state index in [0.717, 1.165) is 12.1 Å². The van der Waals surface area contributed by atoms with Crippen LogP contribution in [0.2, 0.25) is 10.0 Å². The molecule has 0 heterocycles. The number of hydrogen-bond acceptors (Lipinski definition) is 2. The number of nitrogens with one attached hydrogen (secondary N) is 1. The largest absolute Gasteiger partial charge is 0.242 e. The average molecular weight is 349 g/mol. The maximum atomic E-state index is 13.5. The summed E-state index contributed by atoms with van der Waals surface area (Å²) < 4.78 is 40.1. The van der Waals surface area contributed by atoms with Crippen LogP contribution >= 0.6 is 34.8 Å². The summed E-state index contributed by atoms with van der Waals surface area (Å²) in [5.41, 5.74) is 0. The standard InChI is InChI=1S/C11H13Cl3FNO2S/c1-6(5-12)7(2)16-19(17,18)9-4-3-8(13)11(15)10(9)14/h3-4,6-7,16H,5H2,1-2H3. The fourth-order valence-electron chi connectivity index (χ4n) is 1.27. The molecule has 1 rings (SSSR count). The van der Waals surface area contributed by atoms with Gasteiger partial charge in [0, 0.05) is 11.9 Å². The van der Waals surface area contributed by atoms with Crippen LogP contribution in [-0.2, 0) is 10.0 Å². The van der Waals surface area contributed by atoms with Crippen molar-refractivity contribution in [1.29, 1.82) is 0 Å². The van der Waals surface area contributed by atoms with Crippen LogP contribution in [0.3, 0.4) is 0 Å². The topological polar surface area (TPSA) is 46.2 Å². The Morgan fingerprint density at radius 1 is 1.32 bits per heavy atom. The molecule has 0 fully saturated rings. The first-order valence-electron chi connectivity index (χ1n) is 5.42. The van der Waals surface area contributed by atoms with Gasteiger partial charge in [-0.2, -0.15) is 0 Å². The maximum absolute atomic E-state index is 13.5. The van der Waals surface area contributed by atoms with E-state index < -0.39 is 26.9 Å². The van der Waals surface area contributed by atoms with Gasteiger partial charge in [-0.1, -0.05) is 30.1 Å². The van der Waals surface area contributed by atoms with Crippen LogP contribution in [0.25, 0.3) is 0 Å². The zero-order chi connectivity index (χ0) is 14.8. The highest BCUT2D eigenvalue weighted by Gasteiger charge is 2.25. The molecule has 0 aromatic heterocycles. The van der Waals surface area contributed by atoms with Gasteiger partial charge in [-0.15, -0.1) is 11.6 Å². The van der Waals surface area contributed by atoms with Gasteiger partial charge < -0.3 is 0 Å². The third-order valence-corrected chi connectivity index (χ3v) is 5.59. The lowest BCUT2D eigenvalue weighted by atomic mass is 10.1. The molecule has 0 bridgehead atoms. The van der Waals surface area contributed by atoms with E-state index >= 15 is 0 Å². The van der Waals surface area contributed by atoms with Crippen LogP contribution in [0, 0.1) is 11.7 Å². The van der Waals surface area contributed by atoms with Crippen molar-refractivity contribution in [2.45, 2.75) is 24.8 Å². The van der Waals surface area contributed by atoms with Crippen LogP contribution in [0.4, 0.5) is 4.39 Å². The lowest BCUT2D eigenvalue weighted by Gasteiger charge is -2.19. The predicted molar refractivity (Wildman–Crippen MR) is 76.1 cm³/mol. The molecule has 8 heteroatoms. The Labute approximate surface area is 127 Å². The molecule has 1 N–H and O–H groups in total. The van der Waals surface area contributed by atoms with Gasteiger partial charge in [0.2, 0.25) is 10.0 Å². The summed E-state index contributed by atoms with van der Waals surface area (Å²) in [4.78, 5) is -0.343. The average Bonchev–Trinajstić information content (AvgIpc) is 2.33. The van der Waals surface area contributed by atoms with Crippen LogP contribution in [0.1, 0.15) is 13.8 Å². The predicted octanol–water partition coefficient (Wildman–Crippen LogP) is 3.67. The van der Waals surface area contributed by atoms with Crippen molar-refractivity contribution in [2.75, 3.05) is 5.88 Å².